The van der Waals surface area contributed by atoms with Crippen LogP contribution in [0.3, 0.4) is 0 Å². The normalized spacial score (nSPS) is 20.6. The second-order valence-corrected chi connectivity index (χ2v) is 7.25. The Bertz CT molecular complexity index is 761. The Labute approximate surface area is 151 Å². The highest BCUT2D eigenvalue weighted by Gasteiger charge is 2.40. The van der Waals surface area contributed by atoms with E-state index in [0.29, 0.717) is 31.1 Å². The number of aromatic nitrogens is 1. The van der Waals surface area contributed by atoms with Crippen LogP contribution in [0.1, 0.15) is 22.2 Å². The molecule has 7 heteroatoms. The SMILES string of the molecule is COc1cccc([C@@H]2CN(Cc3csc(C)n3)C[C@H]2C(=O)O)c1OC. The number of thiazole rings is 1. The molecule has 1 aliphatic heterocycles. The zero-order chi connectivity index (χ0) is 18.0. The maximum atomic E-state index is 11.8. The molecule has 3 rings (SSSR count). The van der Waals surface area contributed by atoms with Crippen LogP contribution in [0.4, 0.5) is 0 Å². The van der Waals surface area contributed by atoms with Crippen molar-refractivity contribution in [3.63, 3.8) is 0 Å². The highest BCUT2D eigenvalue weighted by molar-refractivity contribution is 7.09. The number of aryl methyl sites for hydroxylation is 1. The van der Waals surface area contributed by atoms with Crippen molar-refractivity contribution >= 4 is 17.3 Å². The minimum absolute atomic E-state index is 0.151. The van der Waals surface area contributed by atoms with Gasteiger partial charge >= 0.3 is 5.97 Å². The van der Waals surface area contributed by atoms with Gasteiger partial charge in [-0.05, 0) is 13.0 Å². The standard InChI is InChI=1S/C18H22N2O4S/c1-11-19-12(10-25-11)7-20-8-14(15(9-20)18(21)22)13-5-4-6-16(23-2)17(13)24-3/h4-6,10,14-15H,7-9H2,1-3H3,(H,21,22)/t14-,15+/m0/s1. The highest BCUT2D eigenvalue weighted by Crippen LogP contribution is 2.42. The summed E-state index contributed by atoms with van der Waals surface area (Å²) in [6.07, 6.45) is 0. The number of carboxylic acids is 1. The minimum atomic E-state index is -0.785. The number of aliphatic carboxylic acids is 1. The molecule has 0 aliphatic carbocycles. The Morgan fingerprint density at radius 3 is 2.76 bits per heavy atom. The number of likely N-dealkylation sites (tertiary alicyclic amines) is 1. The van der Waals surface area contributed by atoms with Crippen molar-refractivity contribution in [2.75, 3.05) is 27.3 Å². The van der Waals surface area contributed by atoms with Crippen LogP contribution >= 0.6 is 11.3 Å². The summed E-state index contributed by atoms with van der Waals surface area (Å²) in [5, 5.41) is 12.8. The van der Waals surface area contributed by atoms with Crippen molar-refractivity contribution in [3.05, 3.63) is 39.8 Å². The van der Waals surface area contributed by atoms with E-state index < -0.39 is 11.9 Å². The second kappa shape index (κ2) is 7.41. The largest absolute Gasteiger partial charge is 0.493 e. The van der Waals surface area contributed by atoms with Crippen molar-refractivity contribution in [3.8, 4) is 11.5 Å². The van der Waals surface area contributed by atoms with E-state index in [0.717, 1.165) is 16.3 Å². The fraction of sp³-hybridized carbons (Fsp3) is 0.444. The van der Waals surface area contributed by atoms with Gasteiger partial charge < -0.3 is 14.6 Å². The molecule has 0 unspecified atom stereocenters. The monoisotopic (exact) mass is 362 g/mol. The number of ether oxygens (including phenoxy) is 2. The van der Waals surface area contributed by atoms with Crippen LogP contribution in [0.5, 0.6) is 11.5 Å². The summed E-state index contributed by atoms with van der Waals surface area (Å²) < 4.78 is 10.9. The predicted octanol–water partition coefficient (Wildman–Crippen LogP) is 2.77. The van der Waals surface area contributed by atoms with Crippen molar-refractivity contribution in [1.82, 2.24) is 9.88 Å². The number of hydrogen-bond donors (Lipinski definition) is 1. The summed E-state index contributed by atoms with van der Waals surface area (Å²) in [4.78, 5) is 18.5. The molecule has 0 amide bonds. The lowest BCUT2D eigenvalue weighted by Crippen LogP contribution is -2.23. The van der Waals surface area contributed by atoms with Gasteiger partial charge in [0.25, 0.3) is 0 Å². The Morgan fingerprint density at radius 2 is 2.16 bits per heavy atom. The van der Waals surface area contributed by atoms with Gasteiger partial charge in [-0.25, -0.2) is 4.98 Å². The summed E-state index contributed by atoms with van der Waals surface area (Å²) in [5.41, 5.74) is 1.87. The summed E-state index contributed by atoms with van der Waals surface area (Å²) in [6, 6.07) is 5.63. The van der Waals surface area contributed by atoms with Gasteiger partial charge in [0.1, 0.15) is 0 Å². The van der Waals surface area contributed by atoms with Gasteiger partial charge in [-0.15, -0.1) is 11.3 Å². The lowest BCUT2D eigenvalue weighted by molar-refractivity contribution is -0.141. The molecular formula is C18H22N2O4S. The molecular weight excluding hydrogens is 340 g/mol. The molecule has 1 aromatic heterocycles. The van der Waals surface area contributed by atoms with Gasteiger partial charge in [-0.3, -0.25) is 9.69 Å². The number of nitrogens with zero attached hydrogens (tertiary/aromatic N) is 2. The molecule has 1 aliphatic rings. The van der Waals surface area contributed by atoms with E-state index >= 15 is 0 Å². The number of methoxy groups -OCH3 is 2. The number of rotatable bonds is 6. The molecule has 6 nitrogen and oxygen atoms in total. The lowest BCUT2D eigenvalue weighted by Gasteiger charge is -2.20. The number of carboxylic acid groups (broad SMARTS) is 1. The van der Waals surface area contributed by atoms with E-state index in [9.17, 15) is 9.90 Å². The number of hydrogen-bond acceptors (Lipinski definition) is 6. The zero-order valence-electron chi connectivity index (χ0n) is 14.6. The van der Waals surface area contributed by atoms with Crippen LogP contribution in [-0.2, 0) is 11.3 Å². The third-order valence-electron chi connectivity index (χ3n) is 4.60. The van der Waals surface area contributed by atoms with E-state index in [1.54, 1.807) is 25.6 Å². The topological polar surface area (TPSA) is 71.9 Å². The van der Waals surface area contributed by atoms with Crippen LogP contribution in [0, 0.1) is 12.8 Å². The van der Waals surface area contributed by atoms with E-state index in [1.165, 1.54) is 0 Å². The van der Waals surface area contributed by atoms with Gasteiger partial charge in [-0.2, -0.15) is 0 Å². The molecule has 0 radical (unpaired) electrons. The van der Waals surface area contributed by atoms with E-state index in [4.69, 9.17) is 9.47 Å². The third-order valence-corrected chi connectivity index (χ3v) is 5.42. The molecule has 1 saturated heterocycles. The summed E-state index contributed by atoms with van der Waals surface area (Å²) >= 11 is 1.61. The second-order valence-electron chi connectivity index (χ2n) is 6.19. The molecule has 25 heavy (non-hydrogen) atoms. The zero-order valence-corrected chi connectivity index (χ0v) is 15.4. The molecule has 0 bridgehead atoms. The van der Waals surface area contributed by atoms with Crippen molar-refractivity contribution in [1.29, 1.82) is 0 Å². The third kappa shape index (κ3) is 3.62. The first-order valence-electron chi connectivity index (χ1n) is 8.10. The van der Waals surface area contributed by atoms with E-state index in [1.807, 2.05) is 30.5 Å². The maximum Gasteiger partial charge on any atom is 0.308 e. The highest BCUT2D eigenvalue weighted by atomic mass is 32.1. The van der Waals surface area contributed by atoms with E-state index in [2.05, 4.69) is 9.88 Å². The van der Waals surface area contributed by atoms with Gasteiger partial charge in [-0.1, -0.05) is 12.1 Å². The number of para-hydroxylation sites is 1. The van der Waals surface area contributed by atoms with Gasteiger partial charge in [0.2, 0.25) is 0 Å². The first kappa shape index (κ1) is 17.7. The Kier molecular flexibility index (Phi) is 5.24. The first-order chi connectivity index (χ1) is 12.0. The maximum absolute atomic E-state index is 11.8. The number of benzene rings is 1. The molecule has 2 atom stereocenters. The van der Waals surface area contributed by atoms with Gasteiger partial charge in [0.15, 0.2) is 11.5 Å². The summed E-state index contributed by atoms with van der Waals surface area (Å²) in [5.74, 6) is -0.180. The molecule has 2 aromatic rings. The average Bonchev–Trinajstić information content (AvgIpc) is 3.20. The van der Waals surface area contributed by atoms with Crippen LogP contribution in [0.2, 0.25) is 0 Å². The average molecular weight is 362 g/mol. The fourth-order valence-electron chi connectivity index (χ4n) is 3.49. The van der Waals surface area contributed by atoms with Crippen LogP contribution < -0.4 is 9.47 Å². The van der Waals surface area contributed by atoms with Crippen molar-refractivity contribution in [2.24, 2.45) is 5.92 Å². The molecule has 1 aromatic carbocycles. The molecule has 1 fully saturated rings. The van der Waals surface area contributed by atoms with Gasteiger partial charge in [0.05, 0.1) is 30.8 Å². The van der Waals surface area contributed by atoms with Crippen molar-refractivity contribution < 1.29 is 19.4 Å². The summed E-state index contributed by atoms with van der Waals surface area (Å²) in [7, 11) is 3.17. The molecule has 2 heterocycles. The van der Waals surface area contributed by atoms with Gasteiger partial charge in [0, 0.05) is 36.5 Å². The quantitative estimate of drug-likeness (QED) is 0.852. The van der Waals surface area contributed by atoms with Crippen molar-refractivity contribution in [2.45, 2.75) is 19.4 Å². The Morgan fingerprint density at radius 1 is 1.36 bits per heavy atom. The van der Waals surface area contributed by atoms with E-state index in [-0.39, 0.29) is 5.92 Å². The smallest absolute Gasteiger partial charge is 0.308 e. The Hall–Kier alpha value is -2.12. The molecule has 134 valence electrons. The predicted molar refractivity (Wildman–Crippen MR) is 95.5 cm³/mol. The fourth-order valence-corrected chi connectivity index (χ4v) is 4.10. The Balaban J connectivity index is 1.88. The lowest BCUT2D eigenvalue weighted by atomic mass is 9.88. The van der Waals surface area contributed by atoms with Crippen LogP contribution in [0.25, 0.3) is 0 Å². The number of carbonyl (C=O) groups is 1. The minimum Gasteiger partial charge on any atom is -0.493 e. The van der Waals surface area contributed by atoms with Crippen LogP contribution in [-0.4, -0.2) is 48.3 Å². The van der Waals surface area contributed by atoms with Crippen LogP contribution in [0.15, 0.2) is 23.6 Å². The molecule has 1 N–H and O–H groups in total. The molecule has 0 spiro atoms. The first-order valence-corrected chi connectivity index (χ1v) is 8.98. The molecule has 0 saturated carbocycles. The summed E-state index contributed by atoms with van der Waals surface area (Å²) in [6.45, 7) is 3.78.